The Morgan fingerprint density at radius 3 is 1.30 bits per heavy atom. The summed E-state index contributed by atoms with van der Waals surface area (Å²) in [7, 11) is 0. The molecule has 1 aliphatic carbocycles. The van der Waals surface area contributed by atoms with Crippen molar-refractivity contribution in [3.8, 4) is 44.5 Å². The number of fused-ring (bicyclic) bond motifs is 12. The van der Waals surface area contributed by atoms with Gasteiger partial charge in [0.25, 0.3) is 0 Å². The topological polar surface area (TPSA) is 0 Å². The molecule has 0 nitrogen and oxygen atoms in total. The Hall–Kier alpha value is -7.02. The zero-order valence-electron chi connectivity index (χ0n) is 37.0. The maximum atomic E-state index is 2.59. The molecule has 0 atom stereocenters. The lowest BCUT2D eigenvalue weighted by molar-refractivity contribution is 0.0965. The van der Waals surface area contributed by atoms with Gasteiger partial charge in [0.1, 0.15) is 0 Å². The average Bonchev–Trinajstić information content (AvgIpc) is 3.62. The molecule has 0 aromatic heterocycles. The van der Waals surface area contributed by atoms with E-state index < -0.39 is 0 Å². The molecule has 1 aliphatic rings. The van der Waals surface area contributed by atoms with Crippen molar-refractivity contribution < 1.29 is 0 Å². The molecular formula is C63H50. The van der Waals surface area contributed by atoms with Crippen LogP contribution >= 0.6 is 0 Å². The van der Waals surface area contributed by atoms with Crippen LogP contribution in [0.1, 0.15) is 52.7 Å². The van der Waals surface area contributed by atoms with E-state index in [-0.39, 0.29) is 16.2 Å². The second kappa shape index (κ2) is 13.5. The van der Waals surface area contributed by atoms with E-state index in [0.717, 1.165) is 0 Å². The van der Waals surface area contributed by atoms with Crippen LogP contribution in [0.2, 0.25) is 0 Å². The fourth-order valence-electron chi connectivity index (χ4n) is 12.6. The predicted molar refractivity (Wildman–Crippen MR) is 273 cm³/mol. The molecule has 0 saturated carbocycles. The van der Waals surface area contributed by atoms with Gasteiger partial charge in [0, 0.05) is 5.41 Å². The lowest BCUT2D eigenvalue weighted by Crippen LogP contribution is -2.50. The second-order valence-electron chi connectivity index (χ2n) is 20.0. The molecule has 0 radical (unpaired) electrons. The molecule has 0 bridgehead atoms. The van der Waals surface area contributed by atoms with Crippen molar-refractivity contribution >= 4 is 64.6 Å². The molecular weight excluding hydrogens is 757 g/mol. The van der Waals surface area contributed by atoms with Gasteiger partial charge in [-0.3, -0.25) is 0 Å². The molecule has 11 aromatic rings. The standard InChI is InChI=1S/C63H50/c1-61(2,3)63(62(4,5)6)56-38-46-36-45(33-32-43(46)37-55(56)59-49-24-11-9-22-47(49)48-23-10-16-29-54(48)60(59)63)58-52-27-14-12-25-50(52)57(51-26-13-15-28-53(51)58)44-21-17-20-41(35-44)42-31-30-39-18-7-8-19-40(39)34-42/h7-38H,1-6H3. The summed E-state index contributed by atoms with van der Waals surface area (Å²) in [5, 5.41) is 15.5. The van der Waals surface area contributed by atoms with Crippen LogP contribution in [0.5, 0.6) is 0 Å². The van der Waals surface area contributed by atoms with Gasteiger partial charge in [-0.05, 0) is 161 Å². The van der Waals surface area contributed by atoms with Crippen LogP contribution in [-0.4, -0.2) is 0 Å². The molecule has 0 aliphatic heterocycles. The third kappa shape index (κ3) is 5.34. The average molecular weight is 807 g/mol. The van der Waals surface area contributed by atoms with Crippen molar-refractivity contribution in [2.24, 2.45) is 10.8 Å². The first-order valence-corrected chi connectivity index (χ1v) is 22.6. The monoisotopic (exact) mass is 806 g/mol. The van der Waals surface area contributed by atoms with Gasteiger partial charge in [0.05, 0.1) is 0 Å². The Morgan fingerprint density at radius 2 is 0.698 bits per heavy atom. The van der Waals surface area contributed by atoms with Gasteiger partial charge >= 0.3 is 0 Å². The Labute approximate surface area is 370 Å². The highest BCUT2D eigenvalue weighted by molar-refractivity contribution is 6.23. The molecule has 0 heteroatoms. The quantitative estimate of drug-likeness (QED) is 0.123. The highest BCUT2D eigenvalue weighted by Crippen LogP contribution is 2.67. The van der Waals surface area contributed by atoms with Crippen molar-refractivity contribution in [3.05, 3.63) is 205 Å². The fourth-order valence-corrected chi connectivity index (χ4v) is 12.6. The van der Waals surface area contributed by atoms with E-state index in [2.05, 4.69) is 236 Å². The molecule has 63 heavy (non-hydrogen) atoms. The molecule has 0 saturated heterocycles. The van der Waals surface area contributed by atoms with Gasteiger partial charge in [-0.2, -0.15) is 0 Å². The molecule has 0 heterocycles. The normalized spacial score (nSPS) is 13.7. The van der Waals surface area contributed by atoms with E-state index in [0.29, 0.717) is 0 Å². The number of hydrogen-bond acceptors (Lipinski definition) is 0. The van der Waals surface area contributed by atoms with Crippen LogP contribution in [0.15, 0.2) is 194 Å². The number of rotatable bonds is 3. The Balaban J connectivity index is 1.10. The maximum Gasteiger partial charge on any atom is 0.0318 e. The SMILES string of the molecule is CC(C)(C)C1(C(C)(C)C)c2cc3cc(-c4c5ccccc5c(-c5cccc(-c6ccc7ccccc7c6)c5)c5ccccc45)ccc3cc2-c2c1c1ccccc1c1ccccc21. The zero-order chi connectivity index (χ0) is 42.8. The summed E-state index contributed by atoms with van der Waals surface area (Å²) >= 11 is 0. The zero-order valence-corrected chi connectivity index (χ0v) is 37.0. The number of hydrogen-bond donors (Lipinski definition) is 0. The van der Waals surface area contributed by atoms with E-state index in [1.165, 1.54) is 120 Å². The molecule has 0 fully saturated rings. The van der Waals surface area contributed by atoms with Crippen LogP contribution in [0, 0.1) is 10.8 Å². The van der Waals surface area contributed by atoms with Gasteiger partial charge < -0.3 is 0 Å². The van der Waals surface area contributed by atoms with Crippen molar-refractivity contribution in [2.45, 2.75) is 47.0 Å². The minimum atomic E-state index is -0.277. The highest BCUT2D eigenvalue weighted by Gasteiger charge is 2.58. The van der Waals surface area contributed by atoms with Gasteiger partial charge in [-0.15, -0.1) is 0 Å². The van der Waals surface area contributed by atoms with Gasteiger partial charge in [0.2, 0.25) is 0 Å². The lowest BCUT2D eigenvalue weighted by atomic mass is 9.49. The molecule has 0 amide bonds. The summed E-state index contributed by atoms with van der Waals surface area (Å²) in [6.07, 6.45) is 0. The minimum Gasteiger partial charge on any atom is -0.0616 e. The Morgan fingerprint density at radius 1 is 0.286 bits per heavy atom. The maximum absolute atomic E-state index is 2.59. The highest BCUT2D eigenvalue weighted by atomic mass is 14.6. The first-order valence-electron chi connectivity index (χ1n) is 22.6. The largest absolute Gasteiger partial charge is 0.0616 e. The first-order chi connectivity index (χ1) is 30.5. The van der Waals surface area contributed by atoms with Gasteiger partial charge in [-0.25, -0.2) is 0 Å². The van der Waals surface area contributed by atoms with E-state index in [1.54, 1.807) is 0 Å². The predicted octanol–water partition coefficient (Wildman–Crippen LogP) is 18.0. The molecule has 302 valence electrons. The third-order valence-electron chi connectivity index (χ3n) is 14.7. The molecule has 0 spiro atoms. The summed E-state index contributed by atoms with van der Waals surface area (Å²) < 4.78 is 0. The molecule has 11 aromatic carbocycles. The van der Waals surface area contributed by atoms with E-state index >= 15 is 0 Å². The fraction of sp³-hybridized carbons (Fsp3) is 0.143. The summed E-state index contributed by atoms with van der Waals surface area (Å²) in [4.78, 5) is 0. The van der Waals surface area contributed by atoms with Gasteiger partial charge in [0.15, 0.2) is 0 Å². The molecule has 0 N–H and O–H groups in total. The van der Waals surface area contributed by atoms with Crippen LogP contribution < -0.4 is 0 Å². The van der Waals surface area contributed by atoms with Gasteiger partial charge in [-0.1, -0.05) is 205 Å². The Kier molecular flexibility index (Phi) is 8.08. The lowest BCUT2D eigenvalue weighted by Gasteiger charge is -2.53. The van der Waals surface area contributed by atoms with Crippen molar-refractivity contribution in [1.29, 1.82) is 0 Å². The van der Waals surface area contributed by atoms with Crippen LogP contribution in [0.4, 0.5) is 0 Å². The summed E-state index contributed by atoms with van der Waals surface area (Å²) in [6.45, 7) is 14.8. The van der Waals surface area contributed by atoms with E-state index in [9.17, 15) is 0 Å². The Bertz CT molecular complexity index is 3620. The van der Waals surface area contributed by atoms with E-state index in [1.807, 2.05) is 0 Å². The smallest absolute Gasteiger partial charge is 0.0318 e. The minimum absolute atomic E-state index is 0.102. The summed E-state index contributed by atoms with van der Waals surface area (Å²) in [5.74, 6) is 0. The molecule has 0 unspecified atom stereocenters. The molecule has 12 rings (SSSR count). The third-order valence-corrected chi connectivity index (χ3v) is 14.7. The van der Waals surface area contributed by atoms with Crippen LogP contribution in [0.25, 0.3) is 109 Å². The second-order valence-corrected chi connectivity index (χ2v) is 20.0. The van der Waals surface area contributed by atoms with Crippen LogP contribution in [-0.2, 0) is 5.41 Å². The van der Waals surface area contributed by atoms with Crippen molar-refractivity contribution in [2.75, 3.05) is 0 Å². The van der Waals surface area contributed by atoms with Crippen LogP contribution in [0.3, 0.4) is 0 Å². The summed E-state index contributed by atoms with van der Waals surface area (Å²) in [5.41, 5.74) is 12.7. The van der Waals surface area contributed by atoms with E-state index in [4.69, 9.17) is 0 Å². The summed E-state index contributed by atoms with van der Waals surface area (Å²) in [6, 6.07) is 73.3. The first kappa shape index (κ1) is 37.7. The van der Waals surface area contributed by atoms with Crippen molar-refractivity contribution in [1.82, 2.24) is 0 Å². The van der Waals surface area contributed by atoms with Crippen molar-refractivity contribution in [3.63, 3.8) is 0 Å². The number of benzene rings is 11.